The average molecular weight is 176 g/mol. The number of hydrogen-bond acceptors (Lipinski definition) is 2. The van der Waals surface area contributed by atoms with Crippen molar-refractivity contribution in [1.82, 2.24) is 5.32 Å². The molecule has 0 aromatic heterocycles. The molecule has 0 saturated heterocycles. The first-order chi connectivity index (χ1) is 6.27. The van der Waals surface area contributed by atoms with E-state index in [0.29, 0.717) is 5.56 Å². The minimum absolute atomic E-state index is 0.193. The summed E-state index contributed by atoms with van der Waals surface area (Å²) in [7, 11) is 3.25. The molecule has 1 N–H and O–H groups in total. The van der Waals surface area contributed by atoms with Crippen molar-refractivity contribution in [3.05, 3.63) is 42.4 Å². The van der Waals surface area contributed by atoms with E-state index in [1.54, 1.807) is 24.3 Å². The van der Waals surface area contributed by atoms with E-state index < -0.39 is 0 Å². The van der Waals surface area contributed by atoms with Crippen LogP contribution in [0.25, 0.3) is 0 Å². The predicted molar refractivity (Wildman–Crippen MR) is 49.0 cm³/mol. The number of amides is 1. The molecule has 0 saturated carbocycles. The Kier molecular flexibility index (Phi) is 3.20. The highest BCUT2D eigenvalue weighted by Gasteiger charge is 2.04. The van der Waals surface area contributed by atoms with Crippen molar-refractivity contribution >= 4 is 12.2 Å². The van der Waals surface area contributed by atoms with Crippen LogP contribution in [-0.4, -0.2) is 12.2 Å². The lowest BCUT2D eigenvalue weighted by molar-refractivity contribution is -0.119. The van der Waals surface area contributed by atoms with Crippen LogP contribution in [0.15, 0.2) is 24.3 Å². The molecule has 0 aliphatic rings. The molecule has 1 aromatic carbocycles. The molecule has 3 nitrogen and oxygen atoms in total. The van der Waals surface area contributed by atoms with Gasteiger partial charge in [-0.15, -0.1) is 0 Å². The van der Waals surface area contributed by atoms with Gasteiger partial charge in [0.1, 0.15) is 6.29 Å². The smallest absolute Gasteiger partial charge is 0.224 e. The third-order valence-corrected chi connectivity index (χ3v) is 1.73. The number of aldehydes is 1. The highest BCUT2D eigenvalue weighted by molar-refractivity contribution is 5.84. The molecule has 1 rings (SSSR count). The maximum absolute atomic E-state index is 11.0. The molecule has 0 fully saturated rings. The van der Waals surface area contributed by atoms with Gasteiger partial charge in [0.15, 0.2) is 0 Å². The third-order valence-electron chi connectivity index (χ3n) is 1.73. The molecule has 0 aliphatic carbocycles. The fourth-order valence-corrected chi connectivity index (χ4v) is 1.05. The quantitative estimate of drug-likeness (QED) is 0.697. The van der Waals surface area contributed by atoms with Gasteiger partial charge in [-0.3, -0.25) is 9.59 Å². The van der Waals surface area contributed by atoms with Gasteiger partial charge in [0.25, 0.3) is 0 Å². The molecular weight excluding hydrogens is 166 g/mol. The average Bonchev–Trinajstić information content (AvgIpc) is 2.18. The van der Waals surface area contributed by atoms with Crippen molar-refractivity contribution in [3.63, 3.8) is 0 Å². The summed E-state index contributed by atoms with van der Waals surface area (Å²) in [4.78, 5) is 21.5. The van der Waals surface area contributed by atoms with Crippen LogP contribution in [0.5, 0.6) is 0 Å². The SMILES string of the molecule is [CH2]NC(=O)Cc1ccccc1C=O. The maximum atomic E-state index is 11.0. The lowest BCUT2D eigenvalue weighted by atomic mass is 10.1. The summed E-state index contributed by atoms with van der Waals surface area (Å²) in [6.45, 7) is 0. The molecule has 0 unspecified atom stereocenters. The van der Waals surface area contributed by atoms with Gasteiger partial charge in [-0.1, -0.05) is 24.3 Å². The van der Waals surface area contributed by atoms with Crippen molar-refractivity contribution in [2.45, 2.75) is 6.42 Å². The van der Waals surface area contributed by atoms with Gasteiger partial charge in [0.05, 0.1) is 6.42 Å². The molecule has 1 radical (unpaired) electrons. The molecule has 1 amide bonds. The van der Waals surface area contributed by atoms with E-state index >= 15 is 0 Å². The maximum Gasteiger partial charge on any atom is 0.224 e. The van der Waals surface area contributed by atoms with Crippen LogP contribution in [0.4, 0.5) is 0 Å². The molecule has 3 heteroatoms. The van der Waals surface area contributed by atoms with Crippen molar-refractivity contribution in [3.8, 4) is 0 Å². The van der Waals surface area contributed by atoms with Gasteiger partial charge < -0.3 is 5.32 Å². The number of benzene rings is 1. The summed E-state index contributed by atoms with van der Waals surface area (Å²) in [6, 6.07) is 6.98. The molecule has 1 aromatic rings. The molecule has 0 bridgehead atoms. The fourth-order valence-electron chi connectivity index (χ4n) is 1.05. The van der Waals surface area contributed by atoms with E-state index in [0.717, 1.165) is 11.8 Å². The van der Waals surface area contributed by atoms with Gasteiger partial charge in [-0.25, -0.2) is 0 Å². The molecular formula is C10H10NO2. The van der Waals surface area contributed by atoms with Crippen molar-refractivity contribution in [2.75, 3.05) is 0 Å². The third kappa shape index (κ3) is 2.40. The first-order valence-corrected chi connectivity index (χ1v) is 3.87. The zero-order chi connectivity index (χ0) is 9.68. The van der Waals surface area contributed by atoms with E-state index in [1.807, 2.05) is 0 Å². The van der Waals surface area contributed by atoms with Crippen LogP contribution in [-0.2, 0) is 11.2 Å². The Labute approximate surface area is 76.8 Å². The van der Waals surface area contributed by atoms with Crippen LogP contribution in [0.2, 0.25) is 0 Å². The van der Waals surface area contributed by atoms with Gasteiger partial charge >= 0.3 is 0 Å². The Morgan fingerprint density at radius 3 is 2.77 bits per heavy atom. The van der Waals surface area contributed by atoms with Crippen LogP contribution >= 0.6 is 0 Å². The van der Waals surface area contributed by atoms with Crippen LogP contribution in [0, 0.1) is 7.05 Å². The van der Waals surface area contributed by atoms with Gasteiger partial charge in [-0.05, 0) is 5.56 Å². The summed E-state index contributed by atoms with van der Waals surface area (Å²) >= 11 is 0. The lowest BCUT2D eigenvalue weighted by Crippen LogP contribution is -2.18. The standard InChI is InChI=1S/C10H10NO2/c1-11-10(13)6-8-4-2-3-5-9(8)7-12/h2-5,7H,1,6H2,(H,11,13). The molecule has 0 heterocycles. The molecule has 0 aliphatic heterocycles. The number of hydrogen-bond donors (Lipinski definition) is 1. The Bertz CT molecular complexity index is 320. The summed E-state index contributed by atoms with van der Waals surface area (Å²) in [6.07, 6.45) is 0.935. The number of carbonyl (C=O) groups is 2. The first-order valence-electron chi connectivity index (χ1n) is 3.87. The monoisotopic (exact) mass is 176 g/mol. The highest BCUT2D eigenvalue weighted by atomic mass is 16.1. The Balaban J connectivity index is 2.87. The Morgan fingerprint density at radius 1 is 1.46 bits per heavy atom. The van der Waals surface area contributed by atoms with E-state index in [9.17, 15) is 9.59 Å². The summed E-state index contributed by atoms with van der Waals surface area (Å²) < 4.78 is 0. The number of nitrogens with one attached hydrogen (secondary N) is 1. The highest BCUT2D eigenvalue weighted by Crippen LogP contribution is 2.06. The van der Waals surface area contributed by atoms with E-state index in [4.69, 9.17) is 0 Å². The minimum atomic E-state index is -0.200. The number of carbonyl (C=O) groups excluding carboxylic acids is 2. The zero-order valence-electron chi connectivity index (χ0n) is 7.12. The topological polar surface area (TPSA) is 46.2 Å². The molecule has 67 valence electrons. The van der Waals surface area contributed by atoms with Crippen molar-refractivity contribution in [1.29, 1.82) is 0 Å². The van der Waals surface area contributed by atoms with E-state index in [1.165, 1.54) is 0 Å². The van der Waals surface area contributed by atoms with Gasteiger partial charge in [0, 0.05) is 12.6 Å². The van der Waals surface area contributed by atoms with Gasteiger partial charge in [-0.2, -0.15) is 0 Å². The lowest BCUT2D eigenvalue weighted by Gasteiger charge is -2.02. The Hall–Kier alpha value is -1.64. The molecule has 0 atom stereocenters. The Morgan fingerprint density at radius 2 is 2.15 bits per heavy atom. The molecule has 0 spiro atoms. The normalized spacial score (nSPS) is 9.31. The summed E-state index contributed by atoms with van der Waals surface area (Å²) in [5.41, 5.74) is 1.27. The van der Waals surface area contributed by atoms with Gasteiger partial charge in [0.2, 0.25) is 5.91 Å². The van der Waals surface area contributed by atoms with Crippen molar-refractivity contribution in [2.24, 2.45) is 0 Å². The number of rotatable bonds is 3. The second-order valence-corrected chi connectivity index (χ2v) is 2.59. The van der Waals surface area contributed by atoms with E-state index in [-0.39, 0.29) is 12.3 Å². The second-order valence-electron chi connectivity index (χ2n) is 2.59. The summed E-state index contributed by atoms with van der Waals surface area (Å²) in [5.74, 6) is -0.200. The summed E-state index contributed by atoms with van der Waals surface area (Å²) in [5, 5.41) is 2.26. The first kappa shape index (κ1) is 9.45. The largest absolute Gasteiger partial charge is 0.354 e. The minimum Gasteiger partial charge on any atom is -0.354 e. The van der Waals surface area contributed by atoms with Crippen LogP contribution in [0.1, 0.15) is 15.9 Å². The van der Waals surface area contributed by atoms with E-state index in [2.05, 4.69) is 12.4 Å². The zero-order valence-corrected chi connectivity index (χ0v) is 7.12. The van der Waals surface area contributed by atoms with Crippen LogP contribution in [0.3, 0.4) is 0 Å². The van der Waals surface area contributed by atoms with Crippen molar-refractivity contribution < 1.29 is 9.59 Å². The van der Waals surface area contributed by atoms with Crippen LogP contribution < -0.4 is 5.32 Å². The fraction of sp³-hybridized carbons (Fsp3) is 0.100. The second kappa shape index (κ2) is 4.40. The molecule has 13 heavy (non-hydrogen) atoms. The predicted octanol–water partition coefficient (Wildman–Crippen LogP) is 0.949.